The average molecular weight is 603 g/mol. The molecule has 1 amide bonds. The van der Waals surface area contributed by atoms with Gasteiger partial charge in [0, 0.05) is 15.0 Å². The molecule has 0 spiro atoms. The molecular formula is C17H27F8NO7P2S. The quantitative estimate of drug-likeness (QED) is 0.192. The molecule has 0 saturated carbocycles. The van der Waals surface area contributed by atoms with Crippen LogP contribution in [0.3, 0.4) is 0 Å². The topological polar surface area (TPSA) is 100 Å². The predicted octanol–water partition coefficient (Wildman–Crippen LogP) is 4.12. The molecule has 36 heavy (non-hydrogen) atoms. The first-order chi connectivity index (χ1) is 16.2. The van der Waals surface area contributed by atoms with E-state index in [9.17, 15) is 48.3 Å². The highest BCUT2D eigenvalue weighted by Gasteiger charge is 2.75. The lowest BCUT2D eigenvalue weighted by molar-refractivity contribution is -0.455. The number of amides is 1. The maximum atomic E-state index is 14.3. The highest BCUT2D eigenvalue weighted by molar-refractivity contribution is 8.00. The van der Waals surface area contributed by atoms with Gasteiger partial charge in [-0.2, -0.15) is 43.5 Å². The fourth-order valence-electron chi connectivity index (χ4n) is 3.24. The maximum absolute atomic E-state index is 14.3. The van der Waals surface area contributed by atoms with Gasteiger partial charge in [-0.3, -0.25) is 8.98 Å². The summed E-state index contributed by atoms with van der Waals surface area (Å²) in [6.45, 7) is 5.04. The van der Waals surface area contributed by atoms with E-state index in [1.165, 1.54) is 27.7 Å². The van der Waals surface area contributed by atoms with Crippen molar-refractivity contribution in [3.63, 3.8) is 0 Å². The average Bonchev–Trinajstić information content (AvgIpc) is 2.71. The molecule has 0 bridgehead atoms. The molecule has 1 heterocycles. The second-order valence-electron chi connectivity index (χ2n) is 8.03. The van der Waals surface area contributed by atoms with Gasteiger partial charge in [-0.1, -0.05) is 22.8 Å². The molecule has 2 unspecified atom stereocenters. The van der Waals surface area contributed by atoms with Crippen LogP contribution in [0.5, 0.6) is 0 Å². The first-order valence-electron chi connectivity index (χ1n) is 10.3. The lowest BCUT2D eigenvalue weighted by atomic mass is 9.82. The molecule has 8 nitrogen and oxygen atoms in total. The van der Waals surface area contributed by atoms with Crippen LogP contribution < -0.4 is 5.32 Å². The monoisotopic (exact) mass is 603 g/mol. The van der Waals surface area contributed by atoms with Crippen LogP contribution in [0, 0.1) is 11.8 Å². The van der Waals surface area contributed by atoms with Crippen LogP contribution in [-0.4, -0.2) is 69.2 Å². The van der Waals surface area contributed by atoms with Crippen molar-refractivity contribution in [1.82, 2.24) is 5.32 Å². The summed E-state index contributed by atoms with van der Waals surface area (Å²) >= 11 is 0. The van der Waals surface area contributed by atoms with Crippen LogP contribution in [0.15, 0.2) is 0 Å². The minimum Gasteiger partial charge on any atom is -0.370 e. The number of rotatable bonds is 13. The molecule has 214 valence electrons. The van der Waals surface area contributed by atoms with Crippen molar-refractivity contribution in [1.29, 1.82) is 0 Å². The van der Waals surface area contributed by atoms with Crippen LogP contribution in [0.4, 0.5) is 35.1 Å². The molecule has 1 N–H and O–H groups in total. The first kappa shape index (κ1) is 33.6. The summed E-state index contributed by atoms with van der Waals surface area (Å²) in [6.07, 6.45) is -19.2. The Kier molecular flexibility index (Phi) is 11.4. The van der Waals surface area contributed by atoms with Gasteiger partial charge < -0.3 is 14.6 Å². The summed E-state index contributed by atoms with van der Waals surface area (Å²) in [4.78, 5) is 11.2. The van der Waals surface area contributed by atoms with Gasteiger partial charge in [0.05, 0.1) is 25.2 Å². The van der Waals surface area contributed by atoms with E-state index >= 15 is 0 Å². The summed E-state index contributed by atoms with van der Waals surface area (Å²) in [5.41, 5.74) is 0. The van der Waals surface area contributed by atoms with Crippen LogP contribution >= 0.6 is 17.4 Å². The van der Waals surface area contributed by atoms with E-state index < -0.39 is 76.0 Å². The minimum absolute atomic E-state index is 0.00796. The van der Waals surface area contributed by atoms with Crippen molar-refractivity contribution in [2.75, 3.05) is 13.2 Å². The van der Waals surface area contributed by atoms with Crippen molar-refractivity contribution in [3.05, 3.63) is 0 Å². The molecule has 1 saturated heterocycles. The van der Waals surface area contributed by atoms with Crippen molar-refractivity contribution in [3.8, 4) is 0 Å². The van der Waals surface area contributed by atoms with E-state index in [0.717, 1.165) is 0 Å². The zero-order valence-electron chi connectivity index (χ0n) is 19.4. The van der Waals surface area contributed by atoms with Gasteiger partial charge >= 0.3 is 33.5 Å². The fourth-order valence-corrected chi connectivity index (χ4v) is 4.87. The van der Waals surface area contributed by atoms with Crippen LogP contribution in [-0.2, 0) is 33.1 Å². The third-order valence-electron chi connectivity index (χ3n) is 5.45. The SMILES string of the molecule is CCNC(=O)CC(F)(F)C(F)(F)OC(F)(F)C(F)(F)S(=O)(=O)O[C@H]1[C@@H](C)[C@H](C)[C@@H](COPP)O[C@H]1C. The van der Waals surface area contributed by atoms with Gasteiger partial charge in [0.15, 0.2) is 0 Å². The summed E-state index contributed by atoms with van der Waals surface area (Å²) in [7, 11) is -4.48. The third kappa shape index (κ3) is 7.35. The second-order valence-corrected chi connectivity index (χ2v) is 10.9. The summed E-state index contributed by atoms with van der Waals surface area (Å²) in [5.74, 6) is -8.93. The van der Waals surface area contributed by atoms with E-state index in [-0.39, 0.29) is 21.6 Å². The van der Waals surface area contributed by atoms with E-state index in [1.807, 2.05) is 0 Å². The highest BCUT2D eigenvalue weighted by atomic mass is 32.2. The van der Waals surface area contributed by atoms with E-state index in [0.29, 0.717) is 0 Å². The van der Waals surface area contributed by atoms with Crippen molar-refractivity contribution in [2.24, 2.45) is 11.8 Å². The van der Waals surface area contributed by atoms with Crippen LogP contribution in [0.2, 0.25) is 0 Å². The summed E-state index contributed by atoms with van der Waals surface area (Å²) in [5, 5.41) is -4.86. The zero-order valence-corrected chi connectivity index (χ0v) is 22.3. The molecule has 0 radical (unpaired) electrons. The Hall–Kier alpha value is -0.440. The third-order valence-corrected chi connectivity index (χ3v) is 7.62. The number of carbonyl (C=O) groups is 1. The Bertz CT molecular complexity index is 868. The Morgan fingerprint density at radius 2 is 1.58 bits per heavy atom. The van der Waals surface area contributed by atoms with Gasteiger partial charge in [-0.05, 0) is 25.7 Å². The second kappa shape index (κ2) is 12.2. The van der Waals surface area contributed by atoms with Gasteiger partial charge in [-0.25, -0.2) is 4.74 Å². The first-order valence-corrected chi connectivity index (χ1v) is 14.4. The number of alkyl halides is 8. The van der Waals surface area contributed by atoms with Crippen molar-refractivity contribution >= 4 is 33.4 Å². The Balaban J connectivity index is 3.13. The van der Waals surface area contributed by atoms with Gasteiger partial charge in [0.25, 0.3) is 0 Å². The van der Waals surface area contributed by atoms with Crippen LogP contribution in [0.1, 0.15) is 34.1 Å². The van der Waals surface area contributed by atoms with Gasteiger partial charge in [0.1, 0.15) is 6.10 Å². The standard InChI is InChI=1S/C17H27F8NO7P2S/c1-5-26-12(27)6-14(18,19)15(20,21)33-16(22,23)17(24,25)36(28,29)32-13-9(3)8(2)11(7-30-35-34)31-10(13)4/h8-11,13,35H,5-7,34H2,1-4H3,(H,26,27)/t8-,9-,10-,11+,13-/m0/s1. The highest BCUT2D eigenvalue weighted by Crippen LogP contribution is 2.49. The molecule has 0 aromatic carbocycles. The number of ether oxygens (including phenoxy) is 2. The molecule has 1 fully saturated rings. The molecule has 0 aliphatic carbocycles. The molecule has 0 aromatic heterocycles. The van der Waals surface area contributed by atoms with Crippen molar-refractivity contribution in [2.45, 2.75) is 75.8 Å². The number of carbonyl (C=O) groups excluding carboxylic acids is 1. The van der Waals surface area contributed by atoms with E-state index in [2.05, 4.69) is 17.8 Å². The molecular weight excluding hydrogens is 576 g/mol. The zero-order chi connectivity index (χ0) is 28.3. The van der Waals surface area contributed by atoms with E-state index in [1.54, 1.807) is 5.32 Å². The molecule has 1 aliphatic heterocycles. The Morgan fingerprint density at radius 3 is 2.08 bits per heavy atom. The predicted molar refractivity (Wildman–Crippen MR) is 115 cm³/mol. The van der Waals surface area contributed by atoms with E-state index in [4.69, 9.17) is 9.26 Å². The molecule has 0 aromatic rings. The molecule has 7 atom stereocenters. The number of nitrogens with one attached hydrogen (secondary N) is 1. The fraction of sp³-hybridized carbons (Fsp3) is 0.941. The largest absolute Gasteiger partial charge is 0.460 e. The maximum Gasteiger partial charge on any atom is 0.460 e. The smallest absolute Gasteiger partial charge is 0.370 e. The molecule has 1 aliphatic rings. The Labute approximate surface area is 206 Å². The lowest BCUT2D eigenvalue weighted by Gasteiger charge is -2.43. The summed E-state index contributed by atoms with van der Waals surface area (Å²) < 4.78 is 153. The number of halogens is 8. The minimum atomic E-state index is -6.77. The molecule has 1 rings (SSSR count). The van der Waals surface area contributed by atoms with Gasteiger partial charge in [-0.15, -0.1) is 0 Å². The molecule has 19 heteroatoms. The number of hydrogen-bond acceptors (Lipinski definition) is 7. The number of hydrogen-bond donors (Lipinski definition) is 1. The van der Waals surface area contributed by atoms with Crippen molar-refractivity contribution < 1.29 is 66.5 Å². The Morgan fingerprint density at radius 1 is 1.03 bits per heavy atom. The van der Waals surface area contributed by atoms with Gasteiger partial charge in [0.2, 0.25) is 5.91 Å². The normalized spacial score (nSPS) is 27.0. The van der Waals surface area contributed by atoms with Crippen LogP contribution in [0.25, 0.3) is 0 Å². The lowest BCUT2D eigenvalue weighted by Crippen LogP contribution is -2.58. The summed E-state index contributed by atoms with van der Waals surface area (Å²) in [6, 6.07) is 0.